The van der Waals surface area contributed by atoms with Crippen LogP contribution in [0.4, 0.5) is 5.69 Å². The first-order valence-electron chi connectivity index (χ1n) is 11.4. The van der Waals surface area contributed by atoms with Crippen LogP contribution < -0.4 is 15.4 Å². The van der Waals surface area contributed by atoms with E-state index in [1.807, 2.05) is 31.2 Å². The minimum atomic E-state index is -0.326. The Morgan fingerprint density at radius 3 is 2.74 bits per heavy atom. The van der Waals surface area contributed by atoms with Crippen LogP contribution in [0, 0.1) is 6.92 Å². The van der Waals surface area contributed by atoms with Gasteiger partial charge in [-0.1, -0.05) is 37.1 Å². The lowest BCUT2D eigenvalue weighted by molar-refractivity contribution is -0.122. The van der Waals surface area contributed by atoms with Crippen molar-refractivity contribution in [3.8, 4) is 17.3 Å². The number of methoxy groups -OCH3 is 1. The van der Waals surface area contributed by atoms with Crippen molar-refractivity contribution in [2.75, 3.05) is 24.7 Å². The Morgan fingerprint density at radius 1 is 1.18 bits per heavy atom. The molecule has 180 valence electrons. The number of thioether (sulfide) groups is 1. The van der Waals surface area contributed by atoms with Gasteiger partial charge in [-0.15, -0.1) is 10.2 Å². The summed E-state index contributed by atoms with van der Waals surface area (Å²) in [6.45, 7) is 1.79. The molecule has 1 aliphatic carbocycles. The van der Waals surface area contributed by atoms with Crippen LogP contribution in [0.2, 0.25) is 0 Å². The van der Waals surface area contributed by atoms with Gasteiger partial charge in [-0.3, -0.25) is 14.2 Å². The summed E-state index contributed by atoms with van der Waals surface area (Å²) in [5, 5.41) is 14.8. The van der Waals surface area contributed by atoms with Gasteiger partial charge in [-0.25, -0.2) is 0 Å². The fourth-order valence-corrected chi connectivity index (χ4v) is 4.93. The first-order valence-corrected chi connectivity index (χ1v) is 12.4. The average molecular weight is 484 g/mol. The van der Waals surface area contributed by atoms with Crippen molar-refractivity contribution in [2.24, 2.45) is 0 Å². The van der Waals surface area contributed by atoms with Gasteiger partial charge in [0.05, 0.1) is 31.4 Å². The average Bonchev–Trinajstić information content (AvgIpc) is 3.52. The highest BCUT2D eigenvalue weighted by atomic mass is 32.2. The van der Waals surface area contributed by atoms with Crippen LogP contribution in [-0.2, 0) is 9.59 Å². The molecule has 4 rings (SSSR count). The number of hydrogen-bond donors (Lipinski definition) is 2. The SMILES string of the molecule is COc1ccc(C)cc1NC(=O)CNC(=O)CSc1nnc(-c2ccco2)n1C1CCCCC1. The first-order chi connectivity index (χ1) is 16.5. The van der Waals surface area contributed by atoms with E-state index in [1.54, 1.807) is 19.4 Å². The van der Waals surface area contributed by atoms with Crippen LogP contribution in [-0.4, -0.2) is 46.0 Å². The normalized spacial score (nSPS) is 14.1. The maximum atomic E-state index is 12.5. The van der Waals surface area contributed by atoms with Gasteiger partial charge >= 0.3 is 0 Å². The molecule has 3 aromatic rings. The number of rotatable bonds is 9. The molecule has 0 radical (unpaired) electrons. The molecule has 1 aliphatic rings. The predicted molar refractivity (Wildman–Crippen MR) is 130 cm³/mol. The second kappa shape index (κ2) is 11.2. The molecule has 0 spiro atoms. The Balaban J connectivity index is 1.35. The third-order valence-corrected chi connectivity index (χ3v) is 6.70. The number of anilines is 1. The van der Waals surface area contributed by atoms with E-state index in [4.69, 9.17) is 9.15 Å². The number of nitrogens with zero attached hydrogens (tertiary/aromatic N) is 3. The molecule has 2 N–H and O–H groups in total. The fourth-order valence-electron chi connectivity index (χ4n) is 4.09. The third kappa shape index (κ3) is 5.80. The summed E-state index contributed by atoms with van der Waals surface area (Å²) in [5.74, 6) is 1.46. The Morgan fingerprint density at radius 2 is 2.00 bits per heavy atom. The highest BCUT2D eigenvalue weighted by Crippen LogP contribution is 2.35. The molecule has 9 nitrogen and oxygen atoms in total. The molecule has 2 amide bonds. The van der Waals surface area contributed by atoms with Crippen LogP contribution in [0.3, 0.4) is 0 Å². The molecule has 0 saturated heterocycles. The van der Waals surface area contributed by atoms with Crippen molar-refractivity contribution in [1.29, 1.82) is 0 Å². The largest absolute Gasteiger partial charge is 0.495 e. The summed E-state index contributed by atoms with van der Waals surface area (Å²) in [6.07, 6.45) is 7.27. The molecule has 10 heteroatoms. The zero-order valence-electron chi connectivity index (χ0n) is 19.4. The summed E-state index contributed by atoms with van der Waals surface area (Å²) in [4.78, 5) is 24.8. The molecular formula is C24H29N5O4S. The maximum absolute atomic E-state index is 12.5. The molecule has 0 bridgehead atoms. The minimum absolute atomic E-state index is 0.129. The van der Waals surface area contributed by atoms with Crippen molar-refractivity contribution < 1.29 is 18.7 Å². The molecule has 1 fully saturated rings. The second-order valence-corrected chi connectivity index (χ2v) is 9.21. The van der Waals surface area contributed by atoms with E-state index >= 15 is 0 Å². The summed E-state index contributed by atoms with van der Waals surface area (Å²) in [6, 6.07) is 9.49. The van der Waals surface area contributed by atoms with E-state index in [0.29, 0.717) is 28.2 Å². The monoisotopic (exact) mass is 483 g/mol. The van der Waals surface area contributed by atoms with E-state index in [2.05, 4.69) is 25.4 Å². The lowest BCUT2D eigenvalue weighted by atomic mass is 9.95. The predicted octanol–water partition coefficient (Wildman–Crippen LogP) is 4.21. The van der Waals surface area contributed by atoms with E-state index in [9.17, 15) is 9.59 Å². The number of furan rings is 1. The topological polar surface area (TPSA) is 111 Å². The second-order valence-electron chi connectivity index (χ2n) is 8.26. The zero-order chi connectivity index (χ0) is 23.9. The van der Waals surface area contributed by atoms with Crippen LogP contribution in [0.25, 0.3) is 11.6 Å². The number of nitrogens with one attached hydrogen (secondary N) is 2. The number of amides is 2. The number of ether oxygens (including phenoxy) is 1. The Bertz CT molecular complexity index is 1120. The van der Waals surface area contributed by atoms with Crippen molar-refractivity contribution in [3.05, 3.63) is 42.2 Å². The number of aryl methyl sites for hydroxylation is 1. The van der Waals surface area contributed by atoms with Crippen molar-refractivity contribution >= 4 is 29.3 Å². The van der Waals surface area contributed by atoms with Crippen LogP contribution in [0.5, 0.6) is 5.75 Å². The van der Waals surface area contributed by atoms with Gasteiger partial charge in [-0.05, 0) is 49.6 Å². The maximum Gasteiger partial charge on any atom is 0.243 e. The Kier molecular flexibility index (Phi) is 7.89. The van der Waals surface area contributed by atoms with Crippen molar-refractivity contribution in [2.45, 2.75) is 50.2 Å². The minimum Gasteiger partial charge on any atom is -0.495 e. The molecule has 2 heterocycles. The lowest BCUT2D eigenvalue weighted by Crippen LogP contribution is -2.34. The first kappa shape index (κ1) is 23.9. The van der Waals surface area contributed by atoms with Gasteiger partial charge in [-0.2, -0.15) is 0 Å². The zero-order valence-corrected chi connectivity index (χ0v) is 20.2. The molecule has 0 unspecified atom stereocenters. The summed E-state index contributed by atoms with van der Waals surface area (Å²) in [7, 11) is 1.54. The van der Waals surface area contributed by atoms with Gasteiger partial charge in [0.2, 0.25) is 17.6 Å². The fraction of sp³-hybridized carbons (Fsp3) is 0.417. The van der Waals surface area contributed by atoms with E-state index in [0.717, 1.165) is 31.2 Å². The third-order valence-electron chi connectivity index (χ3n) is 5.75. The number of benzene rings is 1. The van der Waals surface area contributed by atoms with Gasteiger partial charge in [0.25, 0.3) is 0 Å². The Hall–Kier alpha value is -3.27. The molecule has 2 aromatic heterocycles. The number of hydrogen-bond acceptors (Lipinski definition) is 7. The quantitative estimate of drug-likeness (QED) is 0.439. The molecular weight excluding hydrogens is 454 g/mol. The van der Waals surface area contributed by atoms with Gasteiger partial charge in [0.1, 0.15) is 5.75 Å². The van der Waals surface area contributed by atoms with E-state index in [1.165, 1.54) is 18.2 Å². The van der Waals surface area contributed by atoms with Crippen molar-refractivity contribution in [1.82, 2.24) is 20.1 Å². The van der Waals surface area contributed by atoms with Gasteiger partial charge < -0.3 is 19.8 Å². The van der Waals surface area contributed by atoms with Gasteiger partial charge in [0, 0.05) is 6.04 Å². The van der Waals surface area contributed by atoms with E-state index in [-0.39, 0.29) is 30.2 Å². The molecule has 0 aliphatic heterocycles. The van der Waals surface area contributed by atoms with Gasteiger partial charge in [0.15, 0.2) is 10.9 Å². The molecule has 1 saturated carbocycles. The van der Waals surface area contributed by atoms with Crippen LogP contribution in [0.1, 0.15) is 43.7 Å². The van der Waals surface area contributed by atoms with Crippen LogP contribution >= 0.6 is 11.8 Å². The molecule has 1 aromatic carbocycles. The summed E-state index contributed by atoms with van der Waals surface area (Å²) >= 11 is 1.31. The van der Waals surface area contributed by atoms with Crippen molar-refractivity contribution in [3.63, 3.8) is 0 Å². The lowest BCUT2D eigenvalue weighted by Gasteiger charge is -2.25. The summed E-state index contributed by atoms with van der Waals surface area (Å²) < 4.78 is 12.9. The number of carbonyl (C=O) groups is 2. The Labute approximate surface area is 202 Å². The number of aromatic nitrogens is 3. The molecule has 0 atom stereocenters. The summed E-state index contributed by atoms with van der Waals surface area (Å²) in [5.41, 5.74) is 1.56. The van der Waals surface area contributed by atoms with Crippen LogP contribution in [0.15, 0.2) is 46.2 Å². The number of carbonyl (C=O) groups excluding carboxylic acids is 2. The smallest absolute Gasteiger partial charge is 0.243 e. The highest BCUT2D eigenvalue weighted by Gasteiger charge is 2.25. The highest BCUT2D eigenvalue weighted by molar-refractivity contribution is 7.99. The molecule has 34 heavy (non-hydrogen) atoms. The standard InChI is InChI=1S/C24H29N5O4S/c1-16-10-11-19(32-2)18(13-16)26-21(30)14-25-22(31)15-34-24-28-27-23(20-9-6-12-33-20)29(24)17-7-4-3-5-8-17/h6,9-13,17H,3-5,7-8,14-15H2,1-2H3,(H,25,31)(H,26,30). The van der Waals surface area contributed by atoms with E-state index < -0.39 is 0 Å².